The summed E-state index contributed by atoms with van der Waals surface area (Å²) in [5, 5.41) is 0.990. The molecule has 3 aliphatic rings. The van der Waals surface area contributed by atoms with E-state index in [1.807, 2.05) is 57.2 Å². The van der Waals surface area contributed by atoms with Crippen LogP contribution in [0.2, 0.25) is 0 Å². The normalized spacial score (nSPS) is 28.0. The number of hydrogen-bond donors (Lipinski definition) is 2. The molecule has 3 aromatic rings. The summed E-state index contributed by atoms with van der Waals surface area (Å²) in [6, 6.07) is 12.8. The number of fused-ring (bicyclic) bond motifs is 5. The Morgan fingerprint density at radius 3 is 2.32 bits per heavy atom. The molecule has 0 radical (unpaired) electrons. The Morgan fingerprint density at radius 1 is 1.04 bits per heavy atom. The topological polar surface area (TPSA) is 115 Å². The maximum atomic E-state index is 13.7. The minimum atomic E-state index is -0.879. The molecule has 1 amide bonds. The minimum Gasteiger partial charge on any atom is -0.458 e. The third kappa shape index (κ3) is 6.56. The number of H-pyrrole nitrogens is 1. The van der Waals surface area contributed by atoms with Crippen LogP contribution in [0.15, 0.2) is 48.5 Å². The zero-order valence-corrected chi connectivity index (χ0v) is 28.9. The van der Waals surface area contributed by atoms with Gasteiger partial charge in [-0.1, -0.05) is 44.2 Å². The number of aromatic nitrogens is 1. The standard InChI is InChI=1S/C38H48ClN3O5/c1-6-38(19-23-15-22(2)16-24(17-23)20-38)34(40)36(45)46-26-13-11-25(12-14-26)33-32-28(27-9-7-8-10-29(27)41-32)18-30(42(33)31(43)21-39)35(44)47-37(3,4)5/h7-14,22-24,30,33-34,41H,6,15-21,40H2,1-5H3/t22?,23-,24+,30-,33+,34?,38?/m1/s1. The number of carbonyl (C=O) groups excluding carboxylic acids is 3. The molecule has 1 aliphatic heterocycles. The van der Waals surface area contributed by atoms with Crippen molar-refractivity contribution >= 4 is 40.3 Å². The first-order chi connectivity index (χ1) is 22.3. The highest BCUT2D eigenvalue weighted by atomic mass is 35.5. The highest BCUT2D eigenvalue weighted by molar-refractivity contribution is 6.27. The van der Waals surface area contributed by atoms with Crippen LogP contribution in [0.25, 0.3) is 10.9 Å². The van der Waals surface area contributed by atoms with Crippen LogP contribution in [0.4, 0.5) is 0 Å². The Bertz CT molecular complexity index is 1620. The Hall–Kier alpha value is -3.36. The van der Waals surface area contributed by atoms with Gasteiger partial charge in [-0.05, 0) is 112 Å². The fourth-order valence-electron chi connectivity index (χ4n) is 8.94. The van der Waals surface area contributed by atoms with E-state index in [0.717, 1.165) is 52.9 Å². The molecule has 2 bridgehead atoms. The zero-order valence-electron chi connectivity index (χ0n) is 28.2. The summed E-state index contributed by atoms with van der Waals surface area (Å²) in [4.78, 5) is 45.8. The lowest BCUT2D eigenvalue weighted by molar-refractivity contribution is -0.166. The fraction of sp³-hybridized carbons (Fsp3) is 0.553. The highest BCUT2D eigenvalue weighted by Gasteiger charge is 2.49. The Kier molecular flexibility index (Phi) is 9.22. The predicted octanol–water partition coefficient (Wildman–Crippen LogP) is 7.07. The molecule has 8 nitrogen and oxygen atoms in total. The Balaban J connectivity index is 1.30. The smallest absolute Gasteiger partial charge is 0.329 e. The highest BCUT2D eigenvalue weighted by Crippen LogP contribution is 2.53. The lowest BCUT2D eigenvalue weighted by atomic mass is 9.56. The molecule has 0 saturated heterocycles. The largest absolute Gasteiger partial charge is 0.458 e. The minimum absolute atomic E-state index is 0.252. The summed E-state index contributed by atoms with van der Waals surface area (Å²) in [5.41, 5.74) is 9.18. The van der Waals surface area contributed by atoms with Crippen molar-refractivity contribution in [3.05, 3.63) is 65.4 Å². The van der Waals surface area contributed by atoms with Crippen LogP contribution >= 0.6 is 11.6 Å². The van der Waals surface area contributed by atoms with Crippen LogP contribution < -0.4 is 10.5 Å². The van der Waals surface area contributed by atoms with E-state index >= 15 is 0 Å². The number of nitrogens with zero attached hydrogens (tertiary/aromatic N) is 1. The van der Waals surface area contributed by atoms with E-state index in [2.05, 4.69) is 18.8 Å². The van der Waals surface area contributed by atoms with Crippen molar-refractivity contribution in [3.63, 3.8) is 0 Å². The number of carbonyl (C=O) groups is 3. The van der Waals surface area contributed by atoms with Gasteiger partial charge in [-0.15, -0.1) is 11.6 Å². The van der Waals surface area contributed by atoms with Crippen LogP contribution in [0.5, 0.6) is 5.75 Å². The van der Waals surface area contributed by atoms with Crippen LogP contribution in [0.1, 0.15) is 96.0 Å². The van der Waals surface area contributed by atoms with E-state index in [4.69, 9.17) is 26.8 Å². The second-order valence-corrected chi connectivity index (χ2v) is 15.6. The van der Waals surface area contributed by atoms with Crippen molar-refractivity contribution in [3.8, 4) is 5.75 Å². The molecule has 7 atom stereocenters. The summed E-state index contributed by atoms with van der Waals surface area (Å²) in [6.07, 6.45) is 6.74. The average Bonchev–Trinajstić information content (AvgIpc) is 3.40. The van der Waals surface area contributed by atoms with Crippen molar-refractivity contribution in [1.82, 2.24) is 9.88 Å². The molecular weight excluding hydrogens is 614 g/mol. The van der Waals surface area contributed by atoms with Gasteiger partial charge in [0.05, 0.1) is 6.04 Å². The monoisotopic (exact) mass is 661 g/mol. The van der Waals surface area contributed by atoms with Crippen molar-refractivity contribution in [2.24, 2.45) is 28.9 Å². The molecule has 2 heterocycles. The molecule has 252 valence electrons. The van der Waals surface area contributed by atoms with Gasteiger partial charge in [0.2, 0.25) is 5.91 Å². The molecule has 1 aromatic heterocycles. The first kappa shape index (κ1) is 33.5. The number of nitrogens with two attached hydrogens (primary N) is 1. The van der Waals surface area contributed by atoms with E-state index < -0.39 is 35.7 Å². The van der Waals surface area contributed by atoms with Gasteiger partial charge in [-0.3, -0.25) is 4.79 Å². The van der Waals surface area contributed by atoms with Crippen molar-refractivity contribution in [2.75, 3.05) is 5.88 Å². The number of ether oxygens (including phenoxy) is 2. The molecule has 3 unspecified atom stereocenters. The molecule has 2 fully saturated rings. The Labute approximate surface area is 282 Å². The number of para-hydroxylation sites is 1. The summed E-state index contributed by atoms with van der Waals surface area (Å²) < 4.78 is 11.7. The third-order valence-electron chi connectivity index (χ3n) is 10.8. The van der Waals surface area contributed by atoms with Crippen molar-refractivity contribution in [1.29, 1.82) is 0 Å². The molecule has 6 rings (SSSR count). The fourth-order valence-corrected chi connectivity index (χ4v) is 9.08. The lowest BCUT2D eigenvalue weighted by Gasteiger charge is -2.50. The van der Waals surface area contributed by atoms with Gasteiger partial charge in [0.15, 0.2) is 0 Å². The lowest BCUT2D eigenvalue weighted by Crippen LogP contribution is -2.53. The first-order valence-corrected chi connectivity index (χ1v) is 17.6. The van der Waals surface area contributed by atoms with Gasteiger partial charge in [0, 0.05) is 23.0 Å². The van der Waals surface area contributed by atoms with Gasteiger partial charge in [0.1, 0.15) is 29.3 Å². The van der Waals surface area contributed by atoms with E-state index in [1.54, 1.807) is 17.0 Å². The second-order valence-electron chi connectivity index (χ2n) is 15.3. The zero-order chi connectivity index (χ0) is 33.7. The molecule has 2 saturated carbocycles. The summed E-state index contributed by atoms with van der Waals surface area (Å²) >= 11 is 6.16. The van der Waals surface area contributed by atoms with Crippen LogP contribution in [0, 0.1) is 23.2 Å². The Morgan fingerprint density at radius 2 is 1.70 bits per heavy atom. The number of aromatic amines is 1. The summed E-state index contributed by atoms with van der Waals surface area (Å²) in [6.45, 7) is 9.91. The molecule has 9 heteroatoms. The van der Waals surface area contributed by atoms with Crippen molar-refractivity contribution in [2.45, 2.75) is 103 Å². The maximum absolute atomic E-state index is 13.7. The number of halogens is 1. The SMILES string of the molecule is CCC1(C(N)C(=O)Oc2ccc([C@H]3c4[nH]c5ccccc5c4C[C@H](C(=O)OC(C)(C)C)N3C(=O)CCl)cc2)C[C@@H]2CC(C)C[C@@H](C2)C1. The van der Waals surface area contributed by atoms with E-state index in [9.17, 15) is 14.4 Å². The first-order valence-electron chi connectivity index (χ1n) is 17.1. The number of alkyl halides is 1. The molecular formula is C38H48ClN3O5. The van der Waals surface area contributed by atoms with E-state index in [1.165, 1.54) is 19.3 Å². The van der Waals surface area contributed by atoms with Crippen LogP contribution in [-0.2, 0) is 25.5 Å². The summed E-state index contributed by atoms with van der Waals surface area (Å²) in [5.74, 6) is 0.780. The van der Waals surface area contributed by atoms with E-state index in [0.29, 0.717) is 24.0 Å². The van der Waals surface area contributed by atoms with Gasteiger partial charge in [-0.25, -0.2) is 9.59 Å². The van der Waals surface area contributed by atoms with Crippen LogP contribution in [-0.4, -0.2) is 51.3 Å². The molecule has 0 spiro atoms. The van der Waals surface area contributed by atoms with Crippen molar-refractivity contribution < 1.29 is 23.9 Å². The van der Waals surface area contributed by atoms with Gasteiger partial charge < -0.3 is 25.1 Å². The third-order valence-corrected chi connectivity index (χ3v) is 11.0. The number of nitrogens with one attached hydrogen (secondary N) is 1. The predicted molar refractivity (Wildman–Crippen MR) is 183 cm³/mol. The quantitative estimate of drug-likeness (QED) is 0.159. The van der Waals surface area contributed by atoms with Gasteiger partial charge >= 0.3 is 11.9 Å². The summed E-state index contributed by atoms with van der Waals surface area (Å²) in [7, 11) is 0. The molecule has 2 aliphatic carbocycles. The number of esters is 2. The van der Waals surface area contributed by atoms with E-state index in [-0.39, 0.29) is 17.2 Å². The number of hydrogen-bond acceptors (Lipinski definition) is 6. The average molecular weight is 662 g/mol. The molecule has 2 aromatic carbocycles. The number of rotatable bonds is 7. The number of benzene rings is 2. The molecule has 47 heavy (non-hydrogen) atoms. The van der Waals surface area contributed by atoms with Crippen LogP contribution in [0.3, 0.4) is 0 Å². The number of amides is 1. The second kappa shape index (κ2) is 12.9. The molecule has 3 N–H and O–H groups in total. The van der Waals surface area contributed by atoms with Gasteiger partial charge in [0.25, 0.3) is 0 Å². The van der Waals surface area contributed by atoms with Gasteiger partial charge in [-0.2, -0.15) is 0 Å². The maximum Gasteiger partial charge on any atom is 0.329 e.